The van der Waals surface area contributed by atoms with Crippen LogP contribution in [0.15, 0.2) is 30.0 Å². The van der Waals surface area contributed by atoms with Gasteiger partial charge in [0.2, 0.25) is 0 Å². The first kappa shape index (κ1) is 21.3. The number of carbonyl (C=O) groups is 1. The smallest absolute Gasteiger partial charge is 0.360 e. The van der Waals surface area contributed by atoms with Crippen molar-refractivity contribution in [3.05, 3.63) is 41.1 Å². The Morgan fingerprint density at radius 1 is 1.12 bits per heavy atom. The third-order valence-electron chi connectivity index (χ3n) is 3.01. The summed E-state index contributed by atoms with van der Waals surface area (Å²) >= 11 is 0. The van der Waals surface area contributed by atoms with E-state index < -0.39 is 40.6 Å². The van der Waals surface area contributed by atoms with Crippen molar-refractivity contribution in [3.63, 3.8) is 0 Å². The fourth-order valence-corrected chi connectivity index (χ4v) is 1.73. The van der Waals surface area contributed by atoms with E-state index in [2.05, 4.69) is 10.6 Å². The molecule has 0 fully saturated rings. The van der Waals surface area contributed by atoms with Gasteiger partial charge in [-0.3, -0.25) is 4.79 Å². The highest BCUT2D eigenvalue weighted by molar-refractivity contribution is 5.97. The molecule has 0 aliphatic carbocycles. The summed E-state index contributed by atoms with van der Waals surface area (Å²) in [6.07, 6.45) is -9.23. The standard InChI is InChI=1S/C16H15F6N3O/c1-9(2)7-25-14(26)10(6-23)8-24-13-4-11(15(17,18)19)3-12(5-13)16(20,21)22/h3-5,8-9,24H,7H2,1-2H3,(H,25,26)/b10-8-. The van der Waals surface area contributed by atoms with Gasteiger partial charge in [0.25, 0.3) is 5.91 Å². The van der Waals surface area contributed by atoms with Gasteiger partial charge in [0.1, 0.15) is 11.6 Å². The van der Waals surface area contributed by atoms with Crippen molar-refractivity contribution in [2.45, 2.75) is 26.2 Å². The van der Waals surface area contributed by atoms with Gasteiger partial charge in [0.05, 0.1) is 11.1 Å². The van der Waals surface area contributed by atoms with Gasteiger partial charge in [-0.05, 0) is 24.1 Å². The molecule has 26 heavy (non-hydrogen) atoms. The summed E-state index contributed by atoms with van der Waals surface area (Å²) in [4.78, 5) is 11.8. The first-order chi connectivity index (χ1) is 11.8. The molecule has 1 aromatic rings. The first-order valence-electron chi connectivity index (χ1n) is 7.29. The number of hydrogen-bond acceptors (Lipinski definition) is 3. The molecule has 0 aliphatic rings. The van der Waals surface area contributed by atoms with Crippen LogP contribution in [0.2, 0.25) is 0 Å². The number of nitriles is 1. The minimum atomic E-state index is -4.99. The predicted octanol–water partition coefficient (Wildman–Crippen LogP) is 4.32. The Morgan fingerprint density at radius 2 is 1.62 bits per heavy atom. The summed E-state index contributed by atoms with van der Waals surface area (Å²) < 4.78 is 76.7. The van der Waals surface area contributed by atoms with Gasteiger partial charge in [-0.2, -0.15) is 31.6 Å². The Morgan fingerprint density at radius 3 is 2.00 bits per heavy atom. The molecule has 0 saturated carbocycles. The number of carbonyl (C=O) groups excluding carboxylic acids is 1. The third-order valence-corrected chi connectivity index (χ3v) is 3.01. The average molecular weight is 379 g/mol. The van der Waals surface area contributed by atoms with Gasteiger partial charge < -0.3 is 10.6 Å². The largest absolute Gasteiger partial charge is 0.416 e. The molecule has 142 valence electrons. The van der Waals surface area contributed by atoms with Crippen LogP contribution in [0.3, 0.4) is 0 Å². The number of nitrogens with zero attached hydrogens (tertiary/aromatic N) is 1. The molecule has 0 unspecified atom stereocenters. The lowest BCUT2D eigenvalue weighted by molar-refractivity contribution is -0.143. The van der Waals surface area contributed by atoms with Crippen LogP contribution in [-0.4, -0.2) is 12.5 Å². The molecule has 0 saturated heterocycles. The Labute approximate surface area is 145 Å². The summed E-state index contributed by atoms with van der Waals surface area (Å²) in [7, 11) is 0. The van der Waals surface area contributed by atoms with Crippen LogP contribution in [0.25, 0.3) is 0 Å². The van der Waals surface area contributed by atoms with Crippen LogP contribution in [-0.2, 0) is 17.1 Å². The normalized spacial score (nSPS) is 12.7. The van der Waals surface area contributed by atoms with Crippen molar-refractivity contribution in [3.8, 4) is 6.07 Å². The predicted molar refractivity (Wildman–Crippen MR) is 81.6 cm³/mol. The van der Waals surface area contributed by atoms with E-state index in [0.717, 1.165) is 6.20 Å². The van der Waals surface area contributed by atoms with E-state index in [1.54, 1.807) is 13.8 Å². The summed E-state index contributed by atoms with van der Waals surface area (Å²) in [5, 5.41) is 13.5. The lowest BCUT2D eigenvalue weighted by atomic mass is 10.1. The molecule has 0 bridgehead atoms. The van der Waals surface area contributed by atoms with Crippen molar-refractivity contribution < 1.29 is 31.1 Å². The maximum Gasteiger partial charge on any atom is 0.416 e. The van der Waals surface area contributed by atoms with E-state index >= 15 is 0 Å². The highest BCUT2D eigenvalue weighted by atomic mass is 19.4. The zero-order chi connectivity index (χ0) is 20.1. The number of halogens is 6. The second-order valence-corrected chi connectivity index (χ2v) is 5.71. The van der Waals surface area contributed by atoms with Crippen molar-refractivity contribution in [2.75, 3.05) is 11.9 Å². The average Bonchev–Trinajstić information content (AvgIpc) is 2.51. The highest BCUT2D eigenvalue weighted by Gasteiger charge is 2.36. The van der Waals surface area contributed by atoms with Gasteiger partial charge >= 0.3 is 12.4 Å². The van der Waals surface area contributed by atoms with Crippen LogP contribution in [0.5, 0.6) is 0 Å². The van der Waals surface area contributed by atoms with E-state index in [1.165, 1.54) is 6.07 Å². The molecule has 1 aromatic carbocycles. The number of amides is 1. The molecule has 1 rings (SSSR count). The molecule has 10 heteroatoms. The van der Waals surface area contributed by atoms with E-state index in [9.17, 15) is 31.1 Å². The molecule has 0 radical (unpaired) electrons. The monoisotopic (exact) mass is 379 g/mol. The van der Waals surface area contributed by atoms with Crippen LogP contribution in [0.1, 0.15) is 25.0 Å². The Balaban J connectivity index is 3.15. The summed E-state index contributed by atoms with van der Waals surface area (Å²) in [6, 6.07) is 2.41. The minimum absolute atomic E-state index is 0.0184. The lowest BCUT2D eigenvalue weighted by Crippen LogP contribution is -2.28. The van der Waals surface area contributed by atoms with E-state index in [4.69, 9.17) is 5.26 Å². The van der Waals surface area contributed by atoms with Gasteiger partial charge in [-0.25, -0.2) is 0 Å². The maximum absolute atomic E-state index is 12.8. The molecule has 2 N–H and O–H groups in total. The van der Waals surface area contributed by atoms with Gasteiger partial charge in [0.15, 0.2) is 0 Å². The van der Waals surface area contributed by atoms with Crippen molar-refractivity contribution >= 4 is 11.6 Å². The number of nitrogens with one attached hydrogen (secondary N) is 2. The zero-order valence-electron chi connectivity index (χ0n) is 13.7. The molecule has 4 nitrogen and oxygen atoms in total. The molecule has 0 aromatic heterocycles. The summed E-state index contributed by atoms with van der Waals surface area (Å²) in [6.45, 7) is 3.85. The summed E-state index contributed by atoms with van der Waals surface area (Å²) in [5.74, 6) is -0.707. The number of benzene rings is 1. The van der Waals surface area contributed by atoms with E-state index in [1.807, 2.05) is 0 Å². The fraction of sp³-hybridized carbons (Fsp3) is 0.375. The Kier molecular flexibility index (Phi) is 6.66. The summed E-state index contributed by atoms with van der Waals surface area (Å²) in [5.41, 5.74) is -4.06. The Bertz CT molecular complexity index is 697. The van der Waals surface area contributed by atoms with Crippen LogP contribution in [0.4, 0.5) is 32.0 Å². The molecule has 0 aliphatic heterocycles. The minimum Gasteiger partial charge on any atom is -0.360 e. The van der Waals surface area contributed by atoms with Crippen molar-refractivity contribution in [1.82, 2.24) is 5.32 Å². The molecule has 0 atom stereocenters. The van der Waals surface area contributed by atoms with Crippen LogP contribution >= 0.6 is 0 Å². The van der Waals surface area contributed by atoms with Crippen molar-refractivity contribution in [2.24, 2.45) is 5.92 Å². The maximum atomic E-state index is 12.8. The number of anilines is 1. The fourth-order valence-electron chi connectivity index (χ4n) is 1.73. The lowest BCUT2D eigenvalue weighted by Gasteiger charge is -2.14. The zero-order valence-corrected chi connectivity index (χ0v) is 13.7. The van der Waals surface area contributed by atoms with Crippen LogP contribution < -0.4 is 10.6 Å². The van der Waals surface area contributed by atoms with E-state index in [-0.39, 0.29) is 18.5 Å². The number of alkyl halides is 6. The van der Waals surface area contributed by atoms with Gasteiger partial charge in [-0.1, -0.05) is 13.8 Å². The number of rotatable bonds is 5. The first-order valence-corrected chi connectivity index (χ1v) is 7.29. The topological polar surface area (TPSA) is 64.9 Å². The molecule has 0 spiro atoms. The Hall–Kier alpha value is -2.70. The molecular weight excluding hydrogens is 364 g/mol. The molecular formula is C16H15F6N3O. The SMILES string of the molecule is CC(C)CNC(=O)/C(C#N)=C\Nc1cc(C(F)(F)F)cc(C(F)(F)F)c1. The quantitative estimate of drug-likeness (QED) is 0.455. The van der Waals surface area contributed by atoms with Gasteiger partial charge in [0, 0.05) is 18.4 Å². The van der Waals surface area contributed by atoms with Crippen molar-refractivity contribution in [1.29, 1.82) is 5.26 Å². The number of hydrogen-bond donors (Lipinski definition) is 2. The van der Waals surface area contributed by atoms with Gasteiger partial charge in [-0.15, -0.1) is 0 Å². The van der Waals surface area contributed by atoms with Crippen LogP contribution in [0, 0.1) is 17.2 Å². The van der Waals surface area contributed by atoms with E-state index in [0.29, 0.717) is 12.1 Å². The second kappa shape index (κ2) is 8.12. The third kappa shape index (κ3) is 6.31. The molecule has 1 amide bonds. The highest BCUT2D eigenvalue weighted by Crippen LogP contribution is 2.37. The second-order valence-electron chi connectivity index (χ2n) is 5.71. The molecule has 0 heterocycles.